The van der Waals surface area contributed by atoms with Gasteiger partial charge in [0.25, 0.3) is 0 Å². The van der Waals surface area contributed by atoms with Gasteiger partial charge in [0.05, 0.1) is 10.9 Å². The van der Waals surface area contributed by atoms with E-state index >= 15 is 0 Å². The Labute approximate surface area is 158 Å². The number of nitrogens with zero attached hydrogens (tertiary/aromatic N) is 3. The molecule has 0 saturated carbocycles. The SMILES string of the molecule is CN(C)C(=O)N1CC2(CC(Oc3cccnc3)CS2)C1.O=C(O)C(F)(F)F. The third-order valence-electron chi connectivity index (χ3n) is 3.97. The molecule has 2 fully saturated rings. The van der Waals surface area contributed by atoms with Crippen LogP contribution < -0.4 is 4.74 Å². The highest BCUT2D eigenvalue weighted by atomic mass is 32.2. The first-order valence-electron chi connectivity index (χ1n) is 7.99. The van der Waals surface area contributed by atoms with Crippen LogP contribution in [0.1, 0.15) is 6.42 Å². The number of aromatic nitrogens is 1. The van der Waals surface area contributed by atoms with E-state index in [2.05, 4.69) is 4.98 Å². The van der Waals surface area contributed by atoms with Gasteiger partial charge in [0.15, 0.2) is 0 Å². The molecular weight excluding hydrogens is 387 g/mol. The quantitative estimate of drug-likeness (QED) is 0.810. The Hall–Kier alpha value is -2.17. The molecule has 150 valence electrons. The molecule has 2 aliphatic rings. The van der Waals surface area contributed by atoms with Crippen LogP contribution in [0.4, 0.5) is 18.0 Å². The Morgan fingerprint density at radius 1 is 1.41 bits per heavy atom. The van der Waals surface area contributed by atoms with E-state index in [1.54, 1.807) is 31.4 Å². The summed E-state index contributed by atoms with van der Waals surface area (Å²) in [6, 6.07) is 3.92. The van der Waals surface area contributed by atoms with Gasteiger partial charge >= 0.3 is 18.2 Å². The molecule has 0 aliphatic carbocycles. The normalized spacial score (nSPS) is 20.3. The standard InChI is InChI=1S/C14H19N3O2S.C2HF3O2/c1-16(2)13(18)17-9-14(10-17)6-12(8-20-14)19-11-4-3-5-15-7-11;3-2(4,5)1(6)7/h3-5,7,12H,6,8-10H2,1-2H3;(H,6,7). The maximum absolute atomic E-state index is 11.8. The van der Waals surface area contributed by atoms with Crippen molar-refractivity contribution in [3.05, 3.63) is 24.5 Å². The second kappa shape index (κ2) is 8.24. The molecule has 0 bridgehead atoms. The zero-order chi connectivity index (χ0) is 20.2. The van der Waals surface area contributed by atoms with E-state index in [9.17, 15) is 18.0 Å². The number of hydrogen-bond acceptors (Lipinski definition) is 5. The summed E-state index contributed by atoms with van der Waals surface area (Å²) < 4.78 is 37.9. The summed E-state index contributed by atoms with van der Waals surface area (Å²) in [4.78, 5) is 28.3. The minimum atomic E-state index is -5.08. The number of alkyl halides is 3. The molecule has 1 atom stereocenters. The smallest absolute Gasteiger partial charge is 0.488 e. The Morgan fingerprint density at radius 2 is 2.04 bits per heavy atom. The summed E-state index contributed by atoms with van der Waals surface area (Å²) in [5, 5.41) is 7.12. The Kier molecular flexibility index (Phi) is 6.45. The maximum Gasteiger partial charge on any atom is 0.490 e. The lowest BCUT2D eigenvalue weighted by molar-refractivity contribution is -0.192. The van der Waals surface area contributed by atoms with Gasteiger partial charge in [0, 0.05) is 45.6 Å². The van der Waals surface area contributed by atoms with E-state index in [4.69, 9.17) is 14.6 Å². The summed E-state index contributed by atoms with van der Waals surface area (Å²) in [5.41, 5.74) is 0. The topological polar surface area (TPSA) is 83.0 Å². The van der Waals surface area contributed by atoms with Crippen LogP contribution in [0.2, 0.25) is 0 Å². The van der Waals surface area contributed by atoms with Crippen LogP contribution in [-0.2, 0) is 4.79 Å². The van der Waals surface area contributed by atoms with Crippen molar-refractivity contribution >= 4 is 23.8 Å². The van der Waals surface area contributed by atoms with E-state index < -0.39 is 12.1 Å². The molecule has 1 aromatic heterocycles. The number of thioether (sulfide) groups is 1. The van der Waals surface area contributed by atoms with Crippen LogP contribution in [0.15, 0.2) is 24.5 Å². The molecule has 3 rings (SSSR count). The largest absolute Gasteiger partial charge is 0.490 e. The average Bonchev–Trinajstić information content (AvgIpc) is 2.97. The minimum absolute atomic E-state index is 0.104. The maximum atomic E-state index is 11.8. The monoisotopic (exact) mass is 407 g/mol. The second-order valence-electron chi connectivity index (χ2n) is 6.46. The van der Waals surface area contributed by atoms with E-state index in [0.717, 1.165) is 31.0 Å². The lowest BCUT2D eigenvalue weighted by atomic mass is 9.93. The van der Waals surface area contributed by atoms with Crippen LogP contribution in [0.25, 0.3) is 0 Å². The van der Waals surface area contributed by atoms with Gasteiger partial charge in [0.2, 0.25) is 0 Å². The molecule has 27 heavy (non-hydrogen) atoms. The number of halogens is 3. The molecule has 2 saturated heterocycles. The van der Waals surface area contributed by atoms with Crippen molar-refractivity contribution in [2.24, 2.45) is 0 Å². The van der Waals surface area contributed by atoms with Crippen LogP contribution in [0.5, 0.6) is 5.75 Å². The zero-order valence-electron chi connectivity index (χ0n) is 14.8. The number of carbonyl (C=O) groups excluding carboxylic acids is 1. The second-order valence-corrected chi connectivity index (χ2v) is 7.95. The molecule has 0 aromatic carbocycles. The molecule has 1 unspecified atom stereocenters. The average molecular weight is 407 g/mol. The third kappa shape index (κ3) is 5.65. The Bertz CT molecular complexity index is 667. The van der Waals surface area contributed by atoms with Gasteiger partial charge in [-0.15, -0.1) is 11.8 Å². The fourth-order valence-electron chi connectivity index (χ4n) is 2.78. The minimum Gasteiger partial charge on any atom is -0.488 e. The number of urea groups is 1. The fourth-order valence-corrected chi connectivity index (χ4v) is 4.30. The lowest BCUT2D eigenvalue weighted by Gasteiger charge is -2.48. The number of ether oxygens (including phenoxy) is 1. The van der Waals surface area contributed by atoms with Gasteiger partial charge in [0.1, 0.15) is 11.9 Å². The third-order valence-corrected chi connectivity index (χ3v) is 5.54. The predicted octanol–water partition coefficient (Wildman–Crippen LogP) is 2.34. The number of rotatable bonds is 2. The van der Waals surface area contributed by atoms with Gasteiger partial charge in [-0.05, 0) is 12.1 Å². The van der Waals surface area contributed by atoms with Crippen LogP contribution in [0.3, 0.4) is 0 Å². The van der Waals surface area contributed by atoms with Crippen LogP contribution in [-0.4, -0.2) is 81.9 Å². The molecule has 7 nitrogen and oxygen atoms in total. The summed E-state index contributed by atoms with van der Waals surface area (Å²) in [5.74, 6) is -0.943. The highest BCUT2D eigenvalue weighted by Gasteiger charge is 2.51. The molecule has 1 aromatic rings. The predicted molar refractivity (Wildman–Crippen MR) is 92.8 cm³/mol. The van der Waals surface area contributed by atoms with Gasteiger partial charge in [-0.25, -0.2) is 9.59 Å². The first-order chi connectivity index (χ1) is 12.5. The molecule has 0 radical (unpaired) electrons. The lowest BCUT2D eigenvalue weighted by Crippen LogP contribution is -2.62. The van der Waals surface area contributed by atoms with Gasteiger partial charge in [-0.2, -0.15) is 13.2 Å². The molecule has 2 amide bonds. The number of hydrogen-bond donors (Lipinski definition) is 1. The highest BCUT2D eigenvalue weighted by Crippen LogP contribution is 2.46. The number of pyridine rings is 1. The van der Waals surface area contributed by atoms with Gasteiger partial charge in [-0.3, -0.25) is 4.98 Å². The molecular formula is C16H20F3N3O4S. The molecule has 1 spiro atoms. The van der Waals surface area contributed by atoms with Crippen molar-refractivity contribution in [2.45, 2.75) is 23.4 Å². The Balaban J connectivity index is 0.000000321. The van der Waals surface area contributed by atoms with Gasteiger partial charge in [-0.1, -0.05) is 0 Å². The van der Waals surface area contributed by atoms with Crippen LogP contribution in [0, 0.1) is 0 Å². The molecule has 11 heteroatoms. The van der Waals surface area contributed by atoms with Crippen molar-refractivity contribution in [3.63, 3.8) is 0 Å². The Morgan fingerprint density at radius 3 is 2.52 bits per heavy atom. The van der Waals surface area contributed by atoms with E-state index in [1.165, 1.54) is 0 Å². The van der Waals surface area contributed by atoms with Crippen molar-refractivity contribution in [1.29, 1.82) is 0 Å². The molecule has 3 heterocycles. The van der Waals surface area contributed by atoms with E-state index in [0.29, 0.717) is 0 Å². The van der Waals surface area contributed by atoms with Crippen molar-refractivity contribution in [3.8, 4) is 5.75 Å². The van der Waals surface area contributed by atoms with Gasteiger partial charge < -0.3 is 19.6 Å². The first kappa shape index (κ1) is 21.1. The fraction of sp³-hybridized carbons (Fsp3) is 0.562. The number of carbonyl (C=O) groups is 2. The highest BCUT2D eigenvalue weighted by molar-refractivity contribution is 8.01. The van der Waals surface area contributed by atoms with E-state index in [1.807, 2.05) is 28.8 Å². The molecule has 1 N–H and O–H groups in total. The van der Waals surface area contributed by atoms with Crippen LogP contribution >= 0.6 is 11.8 Å². The van der Waals surface area contributed by atoms with Crippen molar-refractivity contribution < 1.29 is 32.6 Å². The van der Waals surface area contributed by atoms with Crippen molar-refractivity contribution in [1.82, 2.24) is 14.8 Å². The number of carboxylic acid groups (broad SMARTS) is 1. The van der Waals surface area contributed by atoms with Crippen molar-refractivity contribution in [2.75, 3.05) is 32.9 Å². The first-order valence-corrected chi connectivity index (χ1v) is 8.98. The number of carboxylic acids is 1. The summed E-state index contributed by atoms with van der Waals surface area (Å²) in [6.45, 7) is 1.67. The number of likely N-dealkylation sites (tertiary alicyclic amines) is 1. The zero-order valence-corrected chi connectivity index (χ0v) is 15.6. The number of amides is 2. The summed E-state index contributed by atoms with van der Waals surface area (Å²) >= 11 is 1.93. The molecule has 2 aliphatic heterocycles. The number of aliphatic carboxylic acids is 1. The van der Waals surface area contributed by atoms with E-state index in [-0.39, 0.29) is 16.9 Å². The summed E-state index contributed by atoms with van der Waals surface area (Å²) in [6.07, 6.45) is -0.364. The summed E-state index contributed by atoms with van der Waals surface area (Å²) in [7, 11) is 3.59.